The first-order valence-corrected chi connectivity index (χ1v) is 35.1. The number of thioether (sulfide) groups is 1. The van der Waals surface area contributed by atoms with Gasteiger partial charge >= 0.3 is 17.9 Å². The molecule has 1 aliphatic carbocycles. The number of rotatable bonds is 51. The van der Waals surface area contributed by atoms with Gasteiger partial charge in [0.1, 0.15) is 91.2 Å². The summed E-state index contributed by atoms with van der Waals surface area (Å²) in [5.74, 6) is -15.1. The van der Waals surface area contributed by atoms with Crippen LogP contribution in [0.2, 0.25) is 0 Å². The van der Waals surface area contributed by atoms with E-state index in [2.05, 4.69) is 60.5 Å². The Kier molecular flexibility index (Phi) is 39.9. The fourth-order valence-corrected chi connectivity index (χ4v) is 11.9. The van der Waals surface area contributed by atoms with Gasteiger partial charge in [-0.15, -0.1) is 0 Å². The Morgan fingerprint density at radius 1 is 0.396 bits per heavy atom. The summed E-state index contributed by atoms with van der Waals surface area (Å²) in [7, 11) is 0. The maximum Gasteiger partial charge on any atom is 0.327 e. The number of amides is 9. The Hall–Kier alpha value is -7.82. The van der Waals surface area contributed by atoms with E-state index in [0.717, 1.165) is 22.3 Å². The van der Waals surface area contributed by atoms with Gasteiger partial charge in [0.05, 0.1) is 38.1 Å². The average Bonchev–Trinajstić information content (AvgIpc) is 1.62. The Balaban J connectivity index is 2.06. The first kappa shape index (κ1) is 92.4. The van der Waals surface area contributed by atoms with Crippen LogP contribution >= 0.6 is 24.4 Å². The summed E-state index contributed by atoms with van der Waals surface area (Å²) < 4.78 is -1.55. The molecule has 0 saturated carbocycles. The Labute approximate surface area is 616 Å². The number of aliphatic carboxylic acids is 3. The summed E-state index contributed by atoms with van der Waals surface area (Å²) in [4.78, 5) is 162. The van der Waals surface area contributed by atoms with Gasteiger partial charge < -0.3 is 140 Å². The van der Waals surface area contributed by atoms with Crippen molar-refractivity contribution in [3.63, 3.8) is 0 Å². The number of carboxylic acids is 3. The van der Waals surface area contributed by atoms with E-state index in [0.29, 0.717) is 5.75 Å². The van der Waals surface area contributed by atoms with Crippen molar-refractivity contribution in [2.24, 2.45) is 0 Å². The number of fused-ring (bicyclic) bond motifs is 3. The van der Waals surface area contributed by atoms with E-state index in [4.69, 9.17) is 5.11 Å². The zero-order valence-electron chi connectivity index (χ0n) is 57.8. The van der Waals surface area contributed by atoms with Crippen molar-refractivity contribution in [1.29, 1.82) is 0 Å². The number of hydrogen-bond acceptors (Lipinski definition) is 29. The van der Waals surface area contributed by atoms with Gasteiger partial charge in [-0.25, -0.2) is 4.79 Å². The molecule has 106 heavy (non-hydrogen) atoms. The third kappa shape index (κ3) is 30.4. The minimum absolute atomic E-state index is 0.0624. The van der Waals surface area contributed by atoms with Crippen molar-refractivity contribution < 1.29 is 149 Å². The molecule has 27 N–H and O–H groups in total. The van der Waals surface area contributed by atoms with E-state index >= 15 is 0 Å². The first-order valence-electron chi connectivity index (χ1n) is 33.5. The van der Waals surface area contributed by atoms with Crippen LogP contribution in [0.15, 0.2) is 48.5 Å². The Morgan fingerprint density at radius 2 is 0.679 bits per heavy atom. The molecule has 0 radical (unpaired) electrons. The second kappa shape index (κ2) is 45.7. The summed E-state index contributed by atoms with van der Waals surface area (Å²) in [6.45, 7) is -3.10. The predicted molar refractivity (Wildman–Crippen MR) is 372 cm³/mol. The number of aliphatic hydroxyl groups is 15. The molecule has 0 aromatic heterocycles. The second-order valence-corrected chi connectivity index (χ2v) is 27.9. The fraction of sp³-hybridized carbons (Fsp3) is 0.631. The molecule has 0 bridgehead atoms. The Bertz CT molecular complexity index is 3200. The lowest BCUT2D eigenvalue weighted by atomic mass is 9.99. The van der Waals surface area contributed by atoms with Crippen molar-refractivity contribution >= 4 is 95.5 Å². The third-order valence-corrected chi connectivity index (χ3v) is 18.2. The van der Waals surface area contributed by atoms with E-state index in [1.165, 1.54) is 25.6 Å². The molecule has 0 heterocycles. The van der Waals surface area contributed by atoms with Crippen molar-refractivity contribution in [3.05, 3.63) is 59.7 Å². The highest BCUT2D eigenvalue weighted by Crippen LogP contribution is 2.45. The molecule has 0 fully saturated rings. The maximum absolute atomic E-state index is 14.7. The van der Waals surface area contributed by atoms with Crippen LogP contribution in [0.25, 0.3) is 11.1 Å². The van der Waals surface area contributed by atoms with Crippen LogP contribution in [0.1, 0.15) is 102 Å². The van der Waals surface area contributed by atoms with E-state index in [1.807, 2.05) is 48.5 Å². The summed E-state index contributed by atoms with van der Waals surface area (Å²) in [6.07, 6.45) is -33.1. The lowest BCUT2D eigenvalue weighted by Crippen LogP contribution is -2.60. The molecular formula is C65H99N9O30S2. The van der Waals surface area contributed by atoms with Crippen LogP contribution in [0.3, 0.4) is 0 Å². The topological polar surface area (TPSA) is 677 Å². The molecule has 39 nitrogen and oxygen atoms in total. The van der Waals surface area contributed by atoms with Crippen LogP contribution in [-0.4, -0.2) is 328 Å². The summed E-state index contributed by atoms with van der Waals surface area (Å²) in [5, 5.41) is 199. The van der Waals surface area contributed by atoms with Crippen LogP contribution in [-0.2, 0) is 57.5 Å². The predicted octanol–water partition coefficient (Wildman–Crippen LogP) is -9.65. The highest BCUT2D eigenvalue weighted by molar-refractivity contribution is 7.99. The van der Waals surface area contributed by atoms with Crippen molar-refractivity contribution in [3.8, 4) is 11.1 Å². The molecular weight excluding hydrogens is 1450 g/mol. The molecule has 0 saturated heterocycles. The molecule has 596 valence electrons. The number of carbonyl (C=O) groups is 12. The fourth-order valence-electron chi connectivity index (χ4n) is 10.6. The normalized spacial score (nSPS) is 17.2. The van der Waals surface area contributed by atoms with Crippen molar-refractivity contribution in [2.45, 2.75) is 205 Å². The van der Waals surface area contributed by atoms with Crippen LogP contribution < -0.4 is 47.9 Å². The molecule has 41 heteroatoms. The minimum atomic E-state index is -2.19. The van der Waals surface area contributed by atoms with Crippen molar-refractivity contribution in [1.82, 2.24) is 47.9 Å². The molecule has 3 rings (SSSR count). The Morgan fingerprint density at radius 3 is 0.972 bits per heavy atom. The number of thiol groups is 1. The minimum Gasteiger partial charge on any atom is -0.481 e. The highest BCUT2D eigenvalue weighted by Gasteiger charge is 2.40. The molecule has 0 aliphatic heterocycles. The second-order valence-electron chi connectivity index (χ2n) is 25.6. The van der Waals surface area contributed by atoms with Gasteiger partial charge in [0.2, 0.25) is 53.2 Å². The van der Waals surface area contributed by atoms with E-state index in [-0.39, 0.29) is 18.1 Å². The highest BCUT2D eigenvalue weighted by atomic mass is 32.2. The quantitative estimate of drug-likeness (QED) is 0.0216. The van der Waals surface area contributed by atoms with Gasteiger partial charge in [0, 0.05) is 80.3 Å². The van der Waals surface area contributed by atoms with Crippen molar-refractivity contribution in [2.75, 3.05) is 51.0 Å². The maximum atomic E-state index is 14.7. The molecule has 1 aliphatic rings. The smallest absolute Gasteiger partial charge is 0.327 e. The van der Waals surface area contributed by atoms with Gasteiger partial charge in [0.15, 0.2) is 0 Å². The molecule has 9 amide bonds. The number of nitrogens with one attached hydrogen (secondary N) is 9. The van der Waals surface area contributed by atoms with Gasteiger partial charge in [-0.2, -0.15) is 24.4 Å². The number of carboxylic acid groups (broad SMARTS) is 3. The van der Waals surface area contributed by atoms with Gasteiger partial charge in [-0.1, -0.05) is 48.5 Å². The van der Waals surface area contributed by atoms with E-state index < -0.39 is 289 Å². The van der Waals surface area contributed by atoms with E-state index in [9.17, 15) is 144 Å². The first-order chi connectivity index (χ1) is 49.8. The summed E-state index contributed by atoms with van der Waals surface area (Å²) >= 11 is 5.61. The van der Waals surface area contributed by atoms with E-state index in [1.54, 1.807) is 0 Å². The van der Waals surface area contributed by atoms with Gasteiger partial charge in [-0.05, 0) is 68.2 Å². The van der Waals surface area contributed by atoms with Crippen LogP contribution in [0, 0.1) is 0 Å². The summed E-state index contributed by atoms with van der Waals surface area (Å²) in [6, 6.07) is 3.59. The number of hydrogen-bond donors (Lipinski definition) is 28. The standard InChI is InChI=1S/C65H99N9O30S2/c1-65(2,105)58(64(103)104)74-63(102)37(13-18-48(86)68-25-42(80)54(94)57(97)45(83)28-77)71-62(101)39(15-20-51(90)91)73-60(99)36(12-17-47(85)67-24-41(79)53(93)56(96)44(82)27-76)70-61(100)38(14-19-50(88)89)72-59(98)35(11-16-46(84)66-23-40(78)52(92)55(95)43(81)26-75)69-49(87)21-22-106-29-34-32-9-5-3-7-30(32)31-8-4-6-10-33(31)34/h3-10,34-45,52-58,75-83,92-97,105H,11-29H2,1-2H3,(H,66,84)(H,67,85)(H,68,86)(H,69,87)(H,70,100)(H,71,101)(H,72,98)(H,73,99)(H,74,102)(H,88,89)(H,90,91)(H,103,104)/t35-,36-,37-,38-,39-,40-,41-,42-,43+,44+,45+,52+,53+,54+,55+,56+,57+,58+/m0/s1. The zero-order valence-corrected chi connectivity index (χ0v) is 59.5. The number of carbonyl (C=O) groups excluding carboxylic acids is 9. The lowest BCUT2D eigenvalue weighted by molar-refractivity contribution is -0.143. The monoisotopic (exact) mass is 1550 g/mol. The lowest BCUT2D eigenvalue weighted by Gasteiger charge is -2.30. The largest absolute Gasteiger partial charge is 0.481 e. The van der Waals surface area contributed by atoms with Crippen LogP contribution in [0.5, 0.6) is 0 Å². The molecule has 0 spiro atoms. The van der Waals surface area contributed by atoms with Crippen LogP contribution in [0.4, 0.5) is 0 Å². The zero-order chi connectivity index (χ0) is 79.9. The number of benzene rings is 2. The molecule has 2 aromatic carbocycles. The summed E-state index contributed by atoms with van der Waals surface area (Å²) in [5.41, 5.74) is 4.19. The molecule has 2 aromatic rings. The molecule has 18 atom stereocenters. The number of aliphatic hydroxyl groups excluding tert-OH is 15. The van der Waals surface area contributed by atoms with Gasteiger partial charge in [0.25, 0.3) is 0 Å². The molecule has 0 unspecified atom stereocenters. The average molecular weight is 1550 g/mol. The third-order valence-electron chi connectivity index (χ3n) is 16.9. The SMILES string of the molecule is CC(C)(S)[C@H](NC(=O)[C@H](CCC(=O)NC[C@H](O)[C@@H](O)[C@H](O)[C@H](O)CO)NC(=O)[C@H](CCC(=O)O)NC(=O)[C@H](CCC(=O)NC[C@H](O)[C@@H](O)[C@H](O)[C@H](O)CO)NC(=O)[C@H](CCC(=O)O)NC(=O)[C@H](CCC(=O)NC[C@H](O)[C@@H](O)[C@H](O)[C@H](O)CO)NC(=O)CCSCC1c2ccccc2-c2ccccc21)C(=O)O. The van der Waals surface area contributed by atoms with Gasteiger partial charge in [-0.3, -0.25) is 52.7 Å².